The van der Waals surface area contributed by atoms with Gasteiger partial charge in [0, 0.05) is 23.2 Å². The Bertz CT molecular complexity index is 406. The van der Waals surface area contributed by atoms with E-state index in [4.69, 9.17) is 11.6 Å². The van der Waals surface area contributed by atoms with Gasteiger partial charge in [-0.2, -0.15) is 0 Å². The second-order valence-electron chi connectivity index (χ2n) is 5.99. The number of hydrogen-bond acceptors (Lipinski definition) is 2. The van der Waals surface area contributed by atoms with Crippen LogP contribution in [0.4, 0.5) is 0 Å². The lowest BCUT2D eigenvalue weighted by Crippen LogP contribution is -2.21. The number of benzene rings is 1. The van der Waals surface area contributed by atoms with E-state index < -0.39 is 0 Å². The molecule has 94 valence electrons. The zero-order valence-electron chi connectivity index (χ0n) is 10.8. The Hall–Kier alpha value is -0.730. The van der Waals surface area contributed by atoms with E-state index in [1.807, 2.05) is 6.07 Å². The van der Waals surface area contributed by atoms with Gasteiger partial charge in [0.2, 0.25) is 0 Å². The first-order chi connectivity index (χ1) is 7.78. The van der Waals surface area contributed by atoms with Crippen LogP contribution in [0.1, 0.15) is 33.3 Å². The minimum atomic E-state index is 0.265. The van der Waals surface area contributed by atoms with Crippen LogP contribution in [-0.2, 0) is 6.54 Å². The molecular weight excluding hydrogens is 234 g/mol. The van der Waals surface area contributed by atoms with Gasteiger partial charge in [-0.3, -0.25) is 0 Å². The van der Waals surface area contributed by atoms with Crippen molar-refractivity contribution in [3.05, 3.63) is 28.8 Å². The van der Waals surface area contributed by atoms with Crippen LogP contribution in [0.2, 0.25) is 5.02 Å². The molecule has 0 aromatic heterocycles. The van der Waals surface area contributed by atoms with E-state index in [0.29, 0.717) is 28.4 Å². The zero-order chi connectivity index (χ0) is 12.8. The molecule has 0 amide bonds. The largest absolute Gasteiger partial charge is 0.508 e. The summed E-state index contributed by atoms with van der Waals surface area (Å²) >= 11 is 6.08. The second-order valence-corrected chi connectivity index (χ2v) is 6.40. The summed E-state index contributed by atoms with van der Waals surface area (Å²) in [7, 11) is 0. The highest BCUT2D eigenvalue weighted by Gasteiger charge is 2.64. The molecule has 1 fully saturated rings. The van der Waals surface area contributed by atoms with Crippen molar-refractivity contribution in [2.75, 3.05) is 0 Å². The number of hydrogen-bond donors (Lipinski definition) is 2. The number of phenolic OH excluding ortho intramolecular Hbond substituents is 1. The zero-order valence-corrected chi connectivity index (χ0v) is 11.6. The van der Waals surface area contributed by atoms with Crippen LogP contribution in [0.5, 0.6) is 5.75 Å². The van der Waals surface area contributed by atoms with Crippen molar-refractivity contribution in [3.8, 4) is 5.75 Å². The predicted octanol–water partition coefficient (Wildman–Crippen LogP) is 3.57. The molecule has 0 radical (unpaired) electrons. The smallest absolute Gasteiger partial charge is 0.121 e. The Morgan fingerprint density at radius 1 is 1.24 bits per heavy atom. The molecule has 0 atom stereocenters. The van der Waals surface area contributed by atoms with E-state index in [9.17, 15) is 5.11 Å². The molecule has 2 nitrogen and oxygen atoms in total. The Kier molecular flexibility index (Phi) is 2.91. The average Bonchev–Trinajstić information content (AvgIpc) is 2.59. The molecule has 0 spiro atoms. The van der Waals surface area contributed by atoms with Crippen molar-refractivity contribution in [1.29, 1.82) is 0 Å². The minimum absolute atomic E-state index is 0.265. The Morgan fingerprint density at radius 3 is 2.29 bits per heavy atom. The van der Waals surface area contributed by atoms with Crippen molar-refractivity contribution < 1.29 is 5.11 Å². The average molecular weight is 254 g/mol. The van der Waals surface area contributed by atoms with E-state index >= 15 is 0 Å². The fourth-order valence-corrected chi connectivity index (χ4v) is 2.87. The van der Waals surface area contributed by atoms with Crippen LogP contribution in [0.15, 0.2) is 18.2 Å². The standard InChI is InChI=1S/C14H20ClNO/c1-13(2)12(14(13,3)4)16-8-9-10(15)6-5-7-11(9)17/h5-7,12,16-17H,8H2,1-4H3. The molecule has 1 saturated carbocycles. The molecule has 0 saturated heterocycles. The van der Waals surface area contributed by atoms with Gasteiger partial charge in [0.15, 0.2) is 0 Å². The van der Waals surface area contributed by atoms with Crippen molar-refractivity contribution in [2.45, 2.75) is 40.3 Å². The first-order valence-corrected chi connectivity index (χ1v) is 6.36. The van der Waals surface area contributed by atoms with Crippen LogP contribution in [0.25, 0.3) is 0 Å². The maximum atomic E-state index is 9.76. The summed E-state index contributed by atoms with van der Waals surface area (Å²) in [5.74, 6) is 0.265. The fraction of sp³-hybridized carbons (Fsp3) is 0.571. The van der Waals surface area contributed by atoms with Crippen LogP contribution in [0.3, 0.4) is 0 Å². The van der Waals surface area contributed by atoms with Crippen molar-refractivity contribution in [2.24, 2.45) is 10.8 Å². The van der Waals surface area contributed by atoms with Gasteiger partial charge in [-0.15, -0.1) is 0 Å². The van der Waals surface area contributed by atoms with E-state index in [1.165, 1.54) is 0 Å². The molecule has 2 N–H and O–H groups in total. The van der Waals surface area contributed by atoms with Crippen LogP contribution < -0.4 is 5.32 Å². The highest BCUT2D eigenvalue weighted by molar-refractivity contribution is 6.31. The summed E-state index contributed by atoms with van der Waals surface area (Å²) < 4.78 is 0. The molecule has 2 rings (SSSR count). The summed E-state index contributed by atoms with van der Waals surface area (Å²) in [5.41, 5.74) is 1.38. The number of aromatic hydroxyl groups is 1. The molecule has 0 bridgehead atoms. The Morgan fingerprint density at radius 2 is 1.82 bits per heavy atom. The highest BCUT2D eigenvalue weighted by atomic mass is 35.5. The third kappa shape index (κ3) is 1.94. The molecule has 0 unspecified atom stereocenters. The Balaban J connectivity index is 2.06. The van der Waals surface area contributed by atoms with Gasteiger partial charge in [0.05, 0.1) is 0 Å². The van der Waals surface area contributed by atoms with Gasteiger partial charge < -0.3 is 10.4 Å². The molecule has 1 aliphatic rings. The lowest BCUT2D eigenvalue weighted by atomic mass is 10.0. The molecule has 3 heteroatoms. The SMILES string of the molecule is CC1(C)C(NCc2c(O)cccc2Cl)C1(C)C. The maximum Gasteiger partial charge on any atom is 0.121 e. The minimum Gasteiger partial charge on any atom is -0.508 e. The highest BCUT2D eigenvalue weighted by Crippen LogP contribution is 2.62. The van der Waals surface area contributed by atoms with E-state index in [2.05, 4.69) is 33.0 Å². The summed E-state index contributed by atoms with van der Waals surface area (Å²) in [6.45, 7) is 9.66. The lowest BCUT2D eigenvalue weighted by molar-refractivity contribution is 0.457. The second kappa shape index (κ2) is 3.89. The van der Waals surface area contributed by atoms with Crippen LogP contribution in [0, 0.1) is 10.8 Å². The summed E-state index contributed by atoms with van der Waals surface area (Å²) in [4.78, 5) is 0. The van der Waals surface area contributed by atoms with Gasteiger partial charge >= 0.3 is 0 Å². The molecule has 1 aromatic carbocycles. The van der Waals surface area contributed by atoms with E-state index in [-0.39, 0.29) is 5.75 Å². The number of halogens is 1. The maximum absolute atomic E-state index is 9.76. The first kappa shape index (κ1) is 12.7. The molecule has 0 aliphatic heterocycles. The van der Waals surface area contributed by atoms with Gasteiger partial charge in [-0.25, -0.2) is 0 Å². The molecule has 1 aromatic rings. The number of rotatable bonds is 3. The van der Waals surface area contributed by atoms with Crippen molar-refractivity contribution >= 4 is 11.6 Å². The normalized spacial score (nSPS) is 21.5. The third-order valence-corrected chi connectivity index (χ3v) is 4.95. The van der Waals surface area contributed by atoms with Crippen LogP contribution in [-0.4, -0.2) is 11.1 Å². The summed E-state index contributed by atoms with van der Waals surface area (Å²) in [5, 5.41) is 13.9. The lowest BCUT2D eigenvalue weighted by Gasteiger charge is -2.09. The summed E-state index contributed by atoms with van der Waals surface area (Å²) in [6, 6.07) is 5.70. The summed E-state index contributed by atoms with van der Waals surface area (Å²) in [6.07, 6.45) is 0. The van der Waals surface area contributed by atoms with Crippen LogP contribution >= 0.6 is 11.6 Å². The first-order valence-electron chi connectivity index (χ1n) is 5.98. The van der Waals surface area contributed by atoms with Gasteiger partial charge in [-0.05, 0) is 23.0 Å². The molecule has 1 aliphatic carbocycles. The van der Waals surface area contributed by atoms with Crippen molar-refractivity contribution in [1.82, 2.24) is 5.32 Å². The van der Waals surface area contributed by atoms with E-state index in [0.717, 1.165) is 5.56 Å². The molecule has 17 heavy (non-hydrogen) atoms. The topological polar surface area (TPSA) is 32.3 Å². The monoisotopic (exact) mass is 253 g/mol. The van der Waals surface area contributed by atoms with E-state index in [1.54, 1.807) is 12.1 Å². The molecule has 0 heterocycles. The number of phenols is 1. The van der Waals surface area contributed by atoms with Gasteiger partial charge in [0.1, 0.15) is 5.75 Å². The van der Waals surface area contributed by atoms with Gasteiger partial charge in [-0.1, -0.05) is 45.4 Å². The van der Waals surface area contributed by atoms with Crippen molar-refractivity contribution in [3.63, 3.8) is 0 Å². The van der Waals surface area contributed by atoms with Gasteiger partial charge in [0.25, 0.3) is 0 Å². The molecular formula is C14H20ClNO. The fourth-order valence-electron chi connectivity index (χ4n) is 2.63. The Labute approximate surface area is 108 Å². The predicted molar refractivity (Wildman–Crippen MR) is 71.3 cm³/mol. The third-order valence-electron chi connectivity index (χ3n) is 4.60. The quantitative estimate of drug-likeness (QED) is 0.863. The number of nitrogens with one attached hydrogen (secondary N) is 1.